The third-order valence-corrected chi connectivity index (χ3v) is 8.24. The number of carbonyl (C=O) groups is 1. The Kier molecular flexibility index (Phi) is 9.45. The Bertz CT molecular complexity index is 1610. The van der Waals surface area contributed by atoms with Gasteiger partial charge in [0.15, 0.2) is 5.13 Å². The first-order valence-corrected chi connectivity index (χ1v) is 15.4. The lowest BCUT2D eigenvalue weighted by Gasteiger charge is -2.11. The van der Waals surface area contributed by atoms with E-state index < -0.39 is 0 Å². The van der Waals surface area contributed by atoms with Crippen LogP contribution in [0.25, 0.3) is 11.3 Å². The number of hydrazone groups is 1. The molecule has 0 unspecified atom stereocenters. The van der Waals surface area contributed by atoms with E-state index in [4.69, 9.17) is 4.74 Å². The van der Waals surface area contributed by atoms with Crippen LogP contribution in [0.2, 0.25) is 0 Å². The highest BCUT2D eigenvalue weighted by Crippen LogP contribution is 2.30. The maximum atomic E-state index is 12.7. The van der Waals surface area contributed by atoms with Gasteiger partial charge in [0.05, 0.1) is 19.0 Å². The number of hydrogen-bond acceptors (Lipinski definition) is 6. The number of benzene rings is 4. The van der Waals surface area contributed by atoms with E-state index in [0.29, 0.717) is 12.2 Å². The maximum Gasteiger partial charge on any atom is 0.271 e. The zero-order valence-corrected chi connectivity index (χ0v) is 26.5. The summed E-state index contributed by atoms with van der Waals surface area (Å²) in [5.74, 6) is 0.555. The van der Waals surface area contributed by atoms with Gasteiger partial charge in [-0.3, -0.25) is 4.79 Å². The van der Waals surface area contributed by atoms with E-state index in [2.05, 4.69) is 85.1 Å². The molecule has 0 aliphatic carbocycles. The first kappa shape index (κ1) is 28.2. The fourth-order valence-electron chi connectivity index (χ4n) is 3.77. The van der Waals surface area contributed by atoms with Crippen molar-refractivity contribution < 1.29 is 9.53 Å². The van der Waals surface area contributed by atoms with Gasteiger partial charge in [0.2, 0.25) is 0 Å². The van der Waals surface area contributed by atoms with Crippen molar-refractivity contribution in [3.05, 3.63) is 126 Å². The highest BCUT2D eigenvalue weighted by molar-refractivity contribution is 14.1. The molecule has 4 aromatic carbocycles. The molecule has 5 aromatic rings. The average Bonchev–Trinajstić information content (AvgIpc) is 3.43. The lowest BCUT2D eigenvalue weighted by atomic mass is 10.1. The van der Waals surface area contributed by atoms with Crippen molar-refractivity contribution in [2.24, 2.45) is 5.10 Å². The molecule has 1 heterocycles. The second-order valence-corrected chi connectivity index (χ2v) is 12.1. The highest BCUT2D eigenvalue weighted by Gasteiger charge is 2.10. The predicted molar refractivity (Wildman–Crippen MR) is 180 cm³/mol. The van der Waals surface area contributed by atoms with Crippen LogP contribution in [0.15, 0.2) is 101 Å². The molecule has 9 heteroatoms. The maximum absolute atomic E-state index is 12.7. The molecule has 0 aliphatic rings. The second-order valence-electron chi connectivity index (χ2n) is 8.89. The van der Waals surface area contributed by atoms with Gasteiger partial charge < -0.3 is 10.1 Å². The van der Waals surface area contributed by atoms with Crippen LogP contribution in [-0.4, -0.2) is 17.1 Å². The van der Waals surface area contributed by atoms with Gasteiger partial charge in [-0.15, -0.1) is 11.3 Å². The Hall–Kier alpha value is -3.29. The Balaban J connectivity index is 1.17. The monoisotopic (exact) mass is 770 g/mol. The molecule has 0 saturated heterocycles. The molecular weight excluding hydrogens is 746 g/mol. The highest BCUT2D eigenvalue weighted by atomic mass is 127. The molecular formula is C31H24I2N4O2S. The molecule has 200 valence electrons. The Labute approximate surface area is 264 Å². The molecule has 0 spiro atoms. The van der Waals surface area contributed by atoms with Crippen molar-refractivity contribution in [3.8, 4) is 17.0 Å². The van der Waals surface area contributed by atoms with Crippen molar-refractivity contribution in [2.75, 3.05) is 5.32 Å². The van der Waals surface area contributed by atoms with Crippen LogP contribution in [-0.2, 0) is 6.61 Å². The summed E-state index contributed by atoms with van der Waals surface area (Å²) in [6.45, 7) is 2.56. The van der Waals surface area contributed by atoms with Crippen LogP contribution in [0.4, 0.5) is 10.8 Å². The number of hydrogen-bond donors (Lipinski definition) is 2. The van der Waals surface area contributed by atoms with Gasteiger partial charge >= 0.3 is 0 Å². The molecule has 5 rings (SSSR count). The van der Waals surface area contributed by atoms with E-state index >= 15 is 0 Å². The van der Waals surface area contributed by atoms with Crippen molar-refractivity contribution in [1.29, 1.82) is 0 Å². The number of halogens is 2. The minimum absolute atomic E-state index is 0.282. The SMILES string of the molecule is Cc1ccc(Nc2nc(-c3ccc(C(=O)N/N=C\c4cc(I)c(OCc5ccccc5)c(I)c4)cc3)cs2)cc1. The largest absolute Gasteiger partial charge is 0.487 e. The summed E-state index contributed by atoms with van der Waals surface area (Å²) in [5.41, 5.74) is 9.11. The molecule has 0 aliphatic heterocycles. The van der Waals surface area contributed by atoms with Gasteiger partial charge in [-0.25, -0.2) is 10.4 Å². The smallest absolute Gasteiger partial charge is 0.271 e. The number of amides is 1. The van der Waals surface area contributed by atoms with Crippen LogP contribution in [0.1, 0.15) is 27.0 Å². The van der Waals surface area contributed by atoms with Crippen LogP contribution in [0.3, 0.4) is 0 Å². The van der Waals surface area contributed by atoms with Crippen LogP contribution in [0.5, 0.6) is 5.75 Å². The topological polar surface area (TPSA) is 75.6 Å². The molecule has 1 amide bonds. The fraction of sp³-hybridized carbons (Fsp3) is 0.0645. The number of thiazole rings is 1. The summed E-state index contributed by atoms with van der Waals surface area (Å²) < 4.78 is 8.00. The van der Waals surface area contributed by atoms with Crippen LogP contribution >= 0.6 is 56.5 Å². The lowest BCUT2D eigenvalue weighted by molar-refractivity contribution is 0.0955. The summed E-state index contributed by atoms with van der Waals surface area (Å²) in [5, 5.41) is 10.3. The van der Waals surface area contributed by atoms with E-state index in [0.717, 1.165) is 46.1 Å². The molecule has 40 heavy (non-hydrogen) atoms. The lowest BCUT2D eigenvalue weighted by Crippen LogP contribution is -2.17. The van der Waals surface area contributed by atoms with E-state index in [1.807, 2.05) is 72.1 Å². The molecule has 0 saturated carbocycles. The first-order chi connectivity index (χ1) is 19.4. The standard InChI is InChI=1S/C31H24I2N4O2S/c1-20-7-13-25(14-8-20)35-31-36-28(19-40-31)23-9-11-24(12-10-23)30(38)37-34-17-22-15-26(32)29(27(33)16-22)39-18-21-5-3-2-4-6-21/h2-17,19H,18H2,1H3,(H,35,36)(H,37,38)/b34-17-. The number of nitrogens with zero attached hydrogens (tertiary/aromatic N) is 2. The Morgan fingerprint density at radius 1 is 0.975 bits per heavy atom. The summed E-state index contributed by atoms with van der Waals surface area (Å²) >= 11 is 6.05. The minimum atomic E-state index is -0.282. The molecule has 1 aromatic heterocycles. The summed E-state index contributed by atoms with van der Waals surface area (Å²) in [6.07, 6.45) is 1.63. The van der Waals surface area contributed by atoms with Gasteiger partial charge in [0.1, 0.15) is 12.4 Å². The predicted octanol–water partition coefficient (Wildman–Crippen LogP) is 8.41. The Morgan fingerprint density at radius 2 is 1.68 bits per heavy atom. The molecule has 0 radical (unpaired) electrons. The van der Waals surface area contributed by atoms with Gasteiger partial charge in [-0.05, 0) is 99.6 Å². The van der Waals surface area contributed by atoms with Gasteiger partial charge in [0.25, 0.3) is 5.91 Å². The zero-order valence-electron chi connectivity index (χ0n) is 21.4. The van der Waals surface area contributed by atoms with E-state index in [9.17, 15) is 4.79 Å². The average molecular weight is 770 g/mol. The van der Waals surface area contributed by atoms with E-state index in [-0.39, 0.29) is 5.91 Å². The molecule has 2 N–H and O–H groups in total. The zero-order chi connectivity index (χ0) is 27.9. The number of rotatable bonds is 9. The number of nitrogens with one attached hydrogen (secondary N) is 2. The van der Waals surface area contributed by atoms with Crippen molar-refractivity contribution in [3.63, 3.8) is 0 Å². The first-order valence-electron chi connectivity index (χ1n) is 12.3. The van der Waals surface area contributed by atoms with Crippen LogP contribution < -0.4 is 15.5 Å². The molecule has 0 atom stereocenters. The normalized spacial score (nSPS) is 11.0. The Morgan fingerprint density at radius 3 is 2.38 bits per heavy atom. The third-order valence-electron chi connectivity index (χ3n) is 5.88. The third kappa shape index (κ3) is 7.46. The van der Waals surface area contributed by atoms with E-state index in [1.165, 1.54) is 16.9 Å². The second kappa shape index (κ2) is 13.4. The number of aromatic nitrogens is 1. The summed E-state index contributed by atoms with van der Waals surface area (Å²) in [4.78, 5) is 17.3. The summed E-state index contributed by atoms with van der Waals surface area (Å²) in [6, 6.07) is 29.5. The van der Waals surface area contributed by atoms with Crippen molar-refractivity contribution in [2.45, 2.75) is 13.5 Å². The van der Waals surface area contributed by atoms with Gasteiger partial charge in [0, 0.05) is 22.2 Å². The number of anilines is 2. The van der Waals surface area contributed by atoms with Gasteiger partial charge in [-0.1, -0.05) is 60.2 Å². The van der Waals surface area contributed by atoms with Crippen molar-refractivity contribution in [1.82, 2.24) is 10.4 Å². The fourth-order valence-corrected chi connectivity index (χ4v) is 6.64. The number of aryl methyl sites for hydroxylation is 1. The van der Waals surface area contributed by atoms with Gasteiger partial charge in [-0.2, -0.15) is 5.10 Å². The van der Waals surface area contributed by atoms with Crippen LogP contribution in [0, 0.1) is 14.1 Å². The molecule has 0 fully saturated rings. The van der Waals surface area contributed by atoms with Crippen molar-refractivity contribution >= 4 is 79.5 Å². The quantitative estimate of drug-likeness (QED) is 0.0898. The van der Waals surface area contributed by atoms with E-state index in [1.54, 1.807) is 18.3 Å². The number of ether oxygens (including phenoxy) is 1. The molecule has 0 bridgehead atoms. The number of carbonyl (C=O) groups excluding carboxylic acids is 1. The minimum Gasteiger partial charge on any atom is -0.487 e. The molecule has 6 nitrogen and oxygen atoms in total. The summed E-state index contributed by atoms with van der Waals surface area (Å²) in [7, 11) is 0.